The van der Waals surface area contributed by atoms with Crippen molar-refractivity contribution in [3.63, 3.8) is 0 Å². The second-order valence-corrected chi connectivity index (χ2v) is 5.65. The van der Waals surface area contributed by atoms with Gasteiger partial charge in [-0.2, -0.15) is 0 Å². The first-order valence-electron chi connectivity index (χ1n) is 4.52. The van der Waals surface area contributed by atoms with Crippen molar-refractivity contribution in [1.82, 2.24) is 0 Å². The zero-order valence-electron chi connectivity index (χ0n) is 8.15. The molecule has 0 aromatic heterocycles. The van der Waals surface area contributed by atoms with E-state index in [1.54, 1.807) is 13.0 Å². The standard InChI is InChI=1S/C10H10O4S/c1-6-2-3-7-8(11)4-5-15(13,14)10(7)9(6)12/h2-3,12H,4-5H2,1H3. The van der Waals surface area contributed by atoms with Gasteiger partial charge in [0.2, 0.25) is 0 Å². The lowest BCUT2D eigenvalue weighted by Gasteiger charge is -2.17. The van der Waals surface area contributed by atoms with Crippen molar-refractivity contribution in [2.45, 2.75) is 18.2 Å². The van der Waals surface area contributed by atoms with Crippen LogP contribution in [-0.2, 0) is 9.84 Å². The van der Waals surface area contributed by atoms with Crippen LogP contribution in [0, 0.1) is 6.92 Å². The first-order chi connectivity index (χ1) is 6.93. The molecule has 80 valence electrons. The van der Waals surface area contributed by atoms with Crippen molar-refractivity contribution >= 4 is 15.6 Å². The zero-order valence-corrected chi connectivity index (χ0v) is 8.97. The Labute approximate surface area is 87.5 Å². The van der Waals surface area contributed by atoms with Crippen molar-refractivity contribution in [1.29, 1.82) is 0 Å². The zero-order chi connectivity index (χ0) is 11.2. The van der Waals surface area contributed by atoms with Crippen LogP contribution in [0.5, 0.6) is 5.75 Å². The predicted molar refractivity (Wildman–Crippen MR) is 53.8 cm³/mol. The van der Waals surface area contributed by atoms with Crippen LogP contribution in [0.4, 0.5) is 0 Å². The van der Waals surface area contributed by atoms with Crippen LogP contribution in [0.15, 0.2) is 17.0 Å². The molecular formula is C10H10O4S. The number of ketones is 1. The number of benzene rings is 1. The SMILES string of the molecule is Cc1ccc2c(c1O)S(=O)(=O)CCC2=O. The maximum Gasteiger partial charge on any atom is 0.183 e. The van der Waals surface area contributed by atoms with Gasteiger partial charge in [-0.15, -0.1) is 0 Å². The average molecular weight is 226 g/mol. The van der Waals surface area contributed by atoms with E-state index in [0.29, 0.717) is 5.56 Å². The van der Waals surface area contributed by atoms with Gasteiger partial charge in [-0.3, -0.25) is 4.79 Å². The minimum atomic E-state index is -3.50. The molecular weight excluding hydrogens is 216 g/mol. The largest absolute Gasteiger partial charge is 0.506 e. The number of carbonyl (C=O) groups is 1. The predicted octanol–water partition coefficient (Wildman–Crippen LogP) is 1.06. The fourth-order valence-electron chi connectivity index (χ4n) is 1.67. The van der Waals surface area contributed by atoms with Crippen molar-refractivity contribution in [3.05, 3.63) is 23.3 Å². The van der Waals surface area contributed by atoms with Crippen molar-refractivity contribution < 1.29 is 18.3 Å². The van der Waals surface area contributed by atoms with Gasteiger partial charge in [0.05, 0.1) is 5.75 Å². The van der Waals surface area contributed by atoms with Gasteiger partial charge in [-0.05, 0) is 18.6 Å². The number of hydrogen-bond donors (Lipinski definition) is 1. The van der Waals surface area contributed by atoms with Crippen LogP contribution in [-0.4, -0.2) is 25.1 Å². The number of phenols is 1. The first kappa shape index (κ1) is 10.2. The maximum atomic E-state index is 11.7. The van der Waals surface area contributed by atoms with Gasteiger partial charge in [-0.1, -0.05) is 6.07 Å². The third kappa shape index (κ3) is 1.43. The summed E-state index contributed by atoms with van der Waals surface area (Å²) in [5.41, 5.74) is 0.580. The summed E-state index contributed by atoms with van der Waals surface area (Å²) in [5, 5.41) is 9.67. The van der Waals surface area contributed by atoms with Crippen LogP contribution in [0.1, 0.15) is 22.3 Å². The third-order valence-corrected chi connectivity index (χ3v) is 4.32. The number of rotatable bonds is 0. The fourth-order valence-corrected chi connectivity index (χ4v) is 3.30. The molecule has 5 heteroatoms. The van der Waals surface area contributed by atoms with Gasteiger partial charge in [0.1, 0.15) is 10.6 Å². The van der Waals surface area contributed by atoms with E-state index in [4.69, 9.17) is 0 Å². The number of aryl methyl sites for hydroxylation is 1. The van der Waals surface area contributed by atoms with Crippen LogP contribution < -0.4 is 0 Å². The van der Waals surface area contributed by atoms with E-state index in [-0.39, 0.29) is 34.2 Å². The second-order valence-electron chi connectivity index (χ2n) is 3.60. The van der Waals surface area contributed by atoms with E-state index in [1.807, 2.05) is 0 Å². The molecule has 0 radical (unpaired) electrons. The van der Waals surface area contributed by atoms with Crippen LogP contribution >= 0.6 is 0 Å². The Hall–Kier alpha value is -1.36. The molecule has 1 heterocycles. The van der Waals surface area contributed by atoms with Gasteiger partial charge in [0.25, 0.3) is 0 Å². The molecule has 0 saturated carbocycles. The molecule has 2 rings (SSSR count). The van der Waals surface area contributed by atoms with Crippen LogP contribution in [0.2, 0.25) is 0 Å². The molecule has 0 amide bonds. The summed E-state index contributed by atoms with van der Waals surface area (Å²) in [6.45, 7) is 1.60. The molecule has 1 aliphatic heterocycles. The number of sulfone groups is 1. The summed E-state index contributed by atoms with van der Waals surface area (Å²) >= 11 is 0. The van der Waals surface area contributed by atoms with Gasteiger partial charge in [0.15, 0.2) is 15.6 Å². The monoisotopic (exact) mass is 226 g/mol. The second kappa shape index (κ2) is 3.06. The normalized spacial score (nSPS) is 18.6. The highest BCUT2D eigenvalue weighted by molar-refractivity contribution is 7.91. The van der Waals surface area contributed by atoms with E-state index < -0.39 is 9.84 Å². The summed E-state index contributed by atoms with van der Waals surface area (Å²) in [4.78, 5) is 11.3. The minimum Gasteiger partial charge on any atom is -0.506 e. The molecule has 0 bridgehead atoms. The number of hydrogen-bond acceptors (Lipinski definition) is 4. The summed E-state index contributed by atoms with van der Waals surface area (Å²) in [7, 11) is -3.50. The quantitative estimate of drug-likeness (QED) is 0.718. The van der Waals surface area contributed by atoms with Crippen molar-refractivity contribution in [2.24, 2.45) is 0 Å². The highest BCUT2D eigenvalue weighted by Gasteiger charge is 2.32. The molecule has 0 aliphatic carbocycles. The molecule has 1 N–H and O–H groups in total. The number of fused-ring (bicyclic) bond motifs is 1. The summed E-state index contributed by atoms with van der Waals surface area (Å²) in [5.74, 6) is -0.730. The lowest BCUT2D eigenvalue weighted by atomic mass is 10.1. The third-order valence-electron chi connectivity index (χ3n) is 2.54. The lowest BCUT2D eigenvalue weighted by Crippen LogP contribution is -2.21. The molecule has 0 spiro atoms. The van der Waals surface area contributed by atoms with E-state index >= 15 is 0 Å². The molecule has 0 saturated heterocycles. The van der Waals surface area contributed by atoms with E-state index in [9.17, 15) is 18.3 Å². The molecule has 4 nitrogen and oxygen atoms in total. The van der Waals surface area contributed by atoms with Crippen molar-refractivity contribution in [2.75, 3.05) is 5.75 Å². The highest BCUT2D eigenvalue weighted by atomic mass is 32.2. The molecule has 0 fully saturated rings. The van der Waals surface area contributed by atoms with Crippen LogP contribution in [0.25, 0.3) is 0 Å². The Morgan fingerprint density at radius 2 is 2.00 bits per heavy atom. The lowest BCUT2D eigenvalue weighted by molar-refractivity contribution is 0.0982. The fraction of sp³-hybridized carbons (Fsp3) is 0.300. The smallest absolute Gasteiger partial charge is 0.183 e. The molecule has 1 aromatic rings. The van der Waals surface area contributed by atoms with Crippen LogP contribution in [0.3, 0.4) is 0 Å². The Balaban J connectivity index is 2.87. The van der Waals surface area contributed by atoms with Gasteiger partial charge in [0, 0.05) is 12.0 Å². The number of aromatic hydroxyl groups is 1. The number of carbonyl (C=O) groups excluding carboxylic acids is 1. The highest BCUT2D eigenvalue weighted by Crippen LogP contribution is 2.34. The minimum absolute atomic E-state index is 0.00215. The molecule has 0 unspecified atom stereocenters. The summed E-state index contributed by atoms with van der Waals surface area (Å²) in [6, 6.07) is 3.01. The van der Waals surface area contributed by atoms with Gasteiger partial charge < -0.3 is 5.11 Å². The van der Waals surface area contributed by atoms with E-state index in [0.717, 1.165) is 0 Å². The molecule has 0 atom stereocenters. The Morgan fingerprint density at radius 1 is 1.33 bits per heavy atom. The maximum absolute atomic E-state index is 11.7. The first-order valence-corrected chi connectivity index (χ1v) is 6.17. The van der Waals surface area contributed by atoms with Gasteiger partial charge in [-0.25, -0.2) is 8.42 Å². The number of Topliss-reactive ketones (excluding diaryl/α,β-unsaturated/α-hetero) is 1. The van der Waals surface area contributed by atoms with Gasteiger partial charge >= 0.3 is 0 Å². The summed E-state index contributed by atoms with van der Waals surface area (Å²) < 4.78 is 23.4. The summed E-state index contributed by atoms with van der Waals surface area (Å²) in [6.07, 6.45) is -0.00215. The number of phenolic OH excluding ortho intramolecular Hbond substituents is 1. The molecule has 1 aromatic carbocycles. The van der Waals surface area contributed by atoms with Crippen molar-refractivity contribution in [3.8, 4) is 5.75 Å². The van der Waals surface area contributed by atoms with E-state index in [1.165, 1.54) is 6.07 Å². The van der Waals surface area contributed by atoms with E-state index in [2.05, 4.69) is 0 Å². The Morgan fingerprint density at radius 3 is 2.67 bits per heavy atom. The molecule has 15 heavy (non-hydrogen) atoms. The average Bonchev–Trinajstić information content (AvgIpc) is 2.16. The topological polar surface area (TPSA) is 71.4 Å². The Kier molecular flexibility index (Phi) is 2.08. The molecule has 1 aliphatic rings. The Bertz CT molecular complexity index is 543.